The average Bonchev–Trinajstić information content (AvgIpc) is 2.65. The van der Waals surface area contributed by atoms with Crippen LogP contribution in [0.3, 0.4) is 0 Å². The molecule has 0 atom stereocenters. The number of hydrogen-bond acceptors (Lipinski definition) is 4. The van der Waals surface area contributed by atoms with Crippen molar-refractivity contribution in [3.05, 3.63) is 59.1 Å². The second-order valence-electron chi connectivity index (χ2n) is 6.90. The topological polar surface area (TPSA) is 60.9 Å². The van der Waals surface area contributed by atoms with Crippen molar-refractivity contribution in [1.29, 1.82) is 0 Å². The van der Waals surface area contributed by atoms with Crippen molar-refractivity contribution in [3.8, 4) is 0 Å². The van der Waals surface area contributed by atoms with Gasteiger partial charge in [0.05, 0.1) is 11.9 Å². The van der Waals surface area contributed by atoms with Gasteiger partial charge >= 0.3 is 0 Å². The number of sulfonamides is 1. The Morgan fingerprint density at radius 3 is 2.36 bits per heavy atom. The van der Waals surface area contributed by atoms with Crippen LogP contribution in [0.25, 0.3) is 0 Å². The standard InChI is InChI=1S/C20H24ClN3O3S/c1-16-6-3-4-9-19(16)22-10-12-23(13-11-22)20(25)15-24(28(2,26)27)18-8-5-7-17(21)14-18/h3-9,14H,10-13,15H2,1-2H3. The van der Waals surface area contributed by atoms with E-state index in [1.165, 1.54) is 11.3 Å². The Balaban J connectivity index is 1.68. The van der Waals surface area contributed by atoms with Crippen LogP contribution in [0.4, 0.5) is 11.4 Å². The van der Waals surface area contributed by atoms with E-state index in [4.69, 9.17) is 11.6 Å². The number of halogens is 1. The number of piperazine rings is 1. The molecule has 1 aliphatic rings. The molecule has 0 aliphatic carbocycles. The molecule has 1 saturated heterocycles. The van der Waals surface area contributed by atoms with Crippen molar-refractivity contribution in [3.63, 3.8) is 0 Å². The third-order valence-electron chi connectivity index (χ3n) is 4.86. The summed E-state index contributed by atoms with van der Waals surface area (Å²) in [4.78, 5) is 16.8. The highest BCUT2D eigenvalue weighted by Crippen LogP contribution is 2.23. The second kappa shape index (κ2) is 8.41. The lowest BCUT2D eigenvalue weighted by atomic mass is 10.1. The Bertz CT molecular complexity index is 957. The minimum Gasteiger partial charge on any atom is -0.368 e. The predicted molar refractivity (Wildman–Crippen MR) is 114 cm³/mol. The molecule has 0 radical (unpaired) electrons. The number of aryl methyl sites for hydroxylation is 1. The first kappa shape index (κ1) is 20.5. The maximum Gasteiger partial charge on any atom is 0.243 e. The molecule has 1 amide bonds. The normalized spacial score (nSPS) is 14.8. The molecule has 0 aromatic heterocycles. The van der Waals surface area contributed by atoms with Crippen molar-refractivity contribution < 1.29 is 13.2 Å². The fraction of sp³-hybridized carbons (Fsp3) is 0.350. The van der Waals surface area contributed by atoms with Gasteiger partial charge in [-0.3, -0.25) is 9.10 Å². The Morgan fingerprint density at radius 2 is 1.75 bits per heavy atom. The van der Waals surface area contributed by atoms with Crippen molar-refractivity contribution in [1.82, 2.24) is 4.90 Å². The van der Waals surface area contributed by atoms with Gasteiger partial charge in [0.2, 0.25) is 15.9 Å². The van der Waals surface area contributed by atoms with E-state index in [9.17, 15) is 13.2 Å². The molecule has 6 nitrogen and oxygen atoms in total. The number of amides is 1. The van der Waals surface area contributed by atoms with E-state index >= 15 is 0 Å². The second-order valence-corrected chi connectivity index (χ2v) is 9.25. The molecule has 2 aromatic carbocycles. The molecule has 28 heavy (non-hydrogen) atoms. The molecule has 1 fully saturated rings. The maximum absolute atomic E-state index is 12.8. The van der Waals surface area contributed by atoms with E-state index in [1.807, 2.05) is 12.1 Å². The third-order valence-corrected chi connectivity index (χ3v) is 6.24. The predicted octanol–water partition coefficient (Wildman–Crippen LogP) is 2.76. The molecular formula is C20H24ClN3O3S. The van der Waals surface area contributed by atoms with Gasteiger partial charge < -0.3 is 9.80 Å². The number of benzene rings is 2. The number of rotatable bonds is 5. The van der Waals surface area contributed by atoms with Crippen molar-refractivity contribution in [2.45, 2.75) is 6.92 Å². The Hall–Kier alpha value is -2.25. The molecular weight excluding hydrogens is 398 g/mol. The molecule has 8 heteroatoms. The van der Waals surface area contributed by atoms with Gasteiger partial charge in [-0.25, -0.2) is 8.42 Å². The first-order chi connectivity index (χ1) is 13.3. The van der Waals surface area contributed by atoms with Crippen molar-refractivity contribution >= 4 is 38.9 Å². The summed E-state index contributed by atoms with van der Waals surface area (Å²) >= 11 is 5.99. The summed E-state index contributed by atoms with van der Waals surface area (Å²) in [6.45, 7) is 4.38. The lowest BCUT2D eigenvalue weighted by Gasteiger charge is -2.37. The monoisotopic (exact) mass is 421 g/mol. The molecule has 1 aliphatic heterocycles. The van der Waals surface area contributed by atoms with E-state index in [-0.39, 0.29) is 12.5 Å². The zero-order valence-corrected chi connectivity index (χ0v) is 17.6. The lowest BCUT2D eigenvalue weighted by molar-refractivity contribution is -0.129. The fourth-order valence-electron chi connectivity index (χ4n) is 3.37. The molecule has 0 bridgehead atoms. The highest BCUT2D eigenvalue weighted by atomic mass is 35.5. The van der Waals surface area contributed by atoms with Gasteiger partial charge in [-0.15, -0.1) is 0 Å². The van der Waals surface area contributed by atoms with E-state index < -0.39 is 10.0 Å². The van der Waals surface area contributed by atoms with Gasteiger partial charge in [0.25, 0.3) is 0 Å². The SMILES string of the molecule is Cc1ccccc1N1CCN(C(=O)CN(c2cccc(Cl)c2)S(C)(=O)=O)CC1. The van der Waals surface area contributed by atoms with Crippen LogP contribution in [0, 0.1) is 6.92 Å². The van der Waals surface area contributed by atoms with Crippen LogP contribution in [0.2, 0.25) is 5.02 Å². The first-order valence-corrected chi connectivity index (χ1v) is 11.3. The van der Waals surface area contributed by atoms with E-state index in [2.05, 4.69) is 24.0 Å². The van der Waals surface area contributed by atoms with Crippen LogP contribution in [0.5, 0.6) is 0 Å². The summed E-state index contributed by atoms with van der Waals surface area (Å²) in [6, 6.07) is 14.7. The van der Waals surface area contributed by atoms with Gasteiger partial charge in [0.1, 0.15) is 6.54 Å². The van der Waals surface area contributed by atoms with Crippen molar-refractivity contribution in [2.75, 3.05) is 48.2 Å². The zero-order valence-electron chi connectivity index (χ0n) is 16.0. The molecule has 0 unspecified atom stereocenters. The van der Waals surface area contributed by atoms with E-state index in [1.54, 1.807) is 29.2 Å². The largest absolute Gasteiger partial charge is 0.368 e. The van der Waals surface area contributed by atoms with Crippen LogP contribution in [-0.2, 0) is 14.8 Å². The number of para-hydroxylation sites is 1. The number of carbonyl (C=O) groups excluding carboxylic acids is 1. The fourth-order valence-corrected chi connectivity index (χ4v) is 4.40. The summed E-state index contributed by atoms with van der Waals surface area (Å²) in [5, 5.41) is 0.422. The Morgan fingerprint density at radius 1 is 1.07 bits per heavy atom. The van der Waals surface area contributed by atoms with Gasteiger partial charge in [0.15, 0.2) is 0 Å². The summed E-state index contributed by atoms with van der Waals surface area (Å²) in [5.74, 6) is -0.213. The Kier molecular flexibility index (Phi) is 6.15. The number of carbonyl (C=O) groups is 1. The average molecular weight is 422 g/mol. The molecule has 3 rings (SSSR count). The maximum atomic E-state index is 12.8. The summed E-state index contributed by atoms with van der Waals surface area (Å²) < 4.78 is 25.6. The van der Waals surface area contributed by atoms with Crippen molar-refractivity contribution in [2.24, 2.45) is 0 Å². The van der Waals surface area contributed by atoms with E-state index in [0.717, 1.165) is 10.6 Å². The van der Waals surface area contributed by atoms with Gasteiger partial charge in [-0.1, -0.05) is 35.9 Å². The molecule has 0 saturated carbocycles. The molecule has 0 N–H and O–H groups in total. The highest BCUT2D eigenvalue weighted by Gasteiger charge is 2.27. The molecule has 1 heterocycles. The van der Waals surface area contributed by atoms with Gasteiger partial charge in [0, 0.05) is 36.9 Å². The minimum absolute atomic E-state index is 0.213. The highest BCUT2D eigenvalue weighted by molar-refractivity contribution is 7.92. The number of hydrogen-bond donors (Lipinski definition) is 0. The zero-order chi connectivity index (χ0) is 20.3. The summed E-state index contributed by atoms with van der Waals surface area (Å²) in [5.41, 5.74) is 2.76. The molecule has 2 aromatic rings. The van der Waals surface area contributed by atoms with Gasteiger partial charge in [-0.05, 0) is 36.8 Å². The van der Waals surface area contributed by atoms with Crippen LogP contribution in [-0.4, -0.2) is 58.2 Å². The Labute approximate surface area is 171 Å². The van der Waals surface area contributed by atoms with Crippen LogP contribution >= 0.6 is 11.6 Å². The van der Waals surface area contributed by atoms with Crippen LogP contribution in [0.15, 0.2) is 48.5 Å². The van der Waals surface area contributed by atoms with Crippen LogP contribution in [0.1, 0.15) is 5.56 Å². The lowest BCUT2D eigenvalue weighted by Crippen LogP contribution is -2.52. The number of anilines is 2. The third kappa shape index (κ3) is 4.77. The molecule has 150 valence electrons. The first-order valence-electron chi connectivity index (χ1n) is 9.07. The van der Waals surface area contributed by atoms with Crippen LogP contribution < -0.4 is 9.21 Å². The smallest absolute Gasteiger partial charge is 0.243 e. The molecule has 0 spiro atoms. The quantitative estimate of drug-likeness (QED) is 0.744. The van der Waals surface area contributed by atoms with Gasteiger partial charge in [-0.2, -0.15) is 0 Å². The summed E-state index contributed by atoms with van der Waals surface area (Å²) in [7, 11) is -3.61. The minimum atomic E-state index is -3.61. The number of nitrogens with zero attached hydrogens (tertiary/aromatic N) is 3. The van der Waals surface area contributed by atoms with E-state index in [0.29, 0.717) is 36.9 Å². The summed E-state index contributed by atoms with van der Waals surface area (Å²) in [6.07, 6.45) is 1.09.